The maximum absolute atomic E-state index is 14.2. The first-order valence-corrected chi connectivity index (χ1v) is 40.7. The summed E-state index contributed by atoms with van der Waals surface area (Å²) < 4.78 is 35.9. The molecule has 2 aromatic carbocycles. The standard InChI is InChI=1S/C41H60ClN3O10S.C40H58ClN3O10S/c1-23(2)56-39(6,7)15-14-33(48)44(9)26(5)37(50)54-32-19-34(49)45(10)30-18-27(17-28(21-46)35(30)42)16-24(3)12-11-13-29(22-47)41(52)20-31(53-38(51)43-41)25(4)36-40(32,8)55-36;1-22(2)55-24(4)13-14-33(47)43(8)26(6)37(49)53-32-18-34(48)44(9)30-17-27(16-28(20-45)35(30)41)15-23(3)11-10-12-29(21-46)40(51)19-31(52-38(50)42-40)25(5)36-39(32,7)54-36/h11-13,17-18,23,25-26,29,31-32,36,46-47,52H,14-16,19-22H2,1-10H3,(H,43,51);10-12,16-17,22,24-26,29,31-32,36,45-46,51H,13-15,18-21H2,1-9H3,(H,42,50)/b13-11+,24-12+;12-10+,23-11+/t25-,26+,29+,31+,32+,36+,40+,41+;24?,25-,26+,29+,31+,32+,36+,39+,40+/m11/s1. The fourth-order valence-corrected chi connectivity index (χ4v) is 18.2. The highest BCUT2D eigenvalue weighted by Gasteiger charge is 2.66. The van der Waals surface area contributed by atoms with Gasteiger partial charge in [0.15, 0.2) is 11.4 Å². The molecule has 0 aliphatic carbocycles. The first-order chi connectivity index (χ1) is 51.8. The first-order valence-electron chi connectivity index (χ1n) is 38.1. The van der Waals surface area contributed by atoms with Gasteiger partial charge in [-0.2, -0.15) is 23.5 Å². The van der Waals surface area contributed by atoms with Crippen molar-refractivity contribution >= 4 is 106 Å². The summed E-state index contributed by atoms with van der Waals surface area (Å²) in [5.41, 5.74) is -1.40. The van der Waals surface area contributed by atoms with Gasteiger partial charge in [0.25, 0.3) is 0 Å². The van der Waals surface area contributed by atoms with Gasteiger partial charge in [-0.3, -0.25) is 29.8 Å². The quantitative estimate of drug-likeness (QED) is 0.0347. The number of allylic oxidation sites excluding steroid dienone is 6. The van der Waals surface area contributed by atoms with E-state index < -0.39 is 144 Å². The van der Waals surface area contributed by atoms with Crippen LogP contribution in [-0.2, 0) is 83.2 Å². The average Bonchev–Trinajstić information content (AvgIpc) is 1.58. The zero-order valence-corrected chi connectivity index (χ0v) is 70.7. The lowest BCUT2D eigenvalue weighted by Gasteiger charge is -2.42. The van der Waals surface area contributed by atoms with Crippen LogP contribution in [0.15, 0.2) is 71.9 Å². The molecule has 111 heavy (non-hydrogen) atoms. The van der Waals surface area contributed by atoms with Crippen LogP contribution in [0, 0.1) is 23.7 Å². The average molecular weight is 1630 g/mol. The molecule has 0 saturated carbocycles. The number of hydrogen-bond acceptors (Lipinski definition) is 22. The van der Waals surface area contributed by atoms with Gasteiger partial charge in [-0.05, 0) is 112 Å². The smallest absolute Gasteiger partial charge is 0.409 e. The molecule has 0 aromatic heterocycles. The Bertz CT molecular complexity index is 3840. The predicted molar refractivity (Wildman–Crippen MR) is 428 cm³/mol. The monoisotopic (exact) mass is 1630 g/mol. The van der Waals surface area contributed by atoms with Gasteiger partial charge in [-0.15, -0.1) is 0 Å². The third kappa shape index (κ3) is 23.1. The molecule has 6 heterocycles. The van der Waals surface area contributed by atoms with Crippen molar-refractivity contribution in [3.05, 3.63) is 104 Å². The van der Waals surface area contributed by atoms with Gasteiger partial charge in [0.1, 0.15) is 47.7 Å². The number of aliphatic hydroxyl groups is 6. The number of aliphatic hydroxyl groups excluding tert-OH is 4. The fourth-order valence-electron chi connectivity index (χ4n) is 14.9. The number of alkyl carbamates (subject to hydrolysis) is 2. The summed E-state index contributed by atoms with van der Waals surface area (Å²) in [5.74, 6) is -5.73. The Kier molecular flexibility index (Phi) is 31.8. The van der Waals surface area contributed by atoms with E-state index >= 15 is 0 Å². The van der Waals surface area contributed by atoms with E-state index in [-0.39, 0.29) is 83.6 Å². The number of halogens is 2. The van der Waals surface area contributed by atoms with Gasteiger partial charge in [-0.25, -0.2) is 19.2 Å². The molecule has 1 unspecified atom stereocenters. The molecule has 8 N–H and O–H groups in total. The van der Waals surface area contributed by atoms with Gasteiger partial charge in [0, 0.05) is 87.5 Å². The number of anilines is 2. The summed E-state index contributed by atoms with van der Waals surface area (Å²) >= 11 is 17.0. The highest BCUT2D eigenvalue weighted by Crippen LogP contribution is 2.52. The van der Waals surface area contributed by atoms with Crippen LogP contribution in [0.5, 0.6) is 0 Å². The van der Waals surface area contributed by atoms with Crippen LogP contribution < -0.4 is 20.4 Å². The molecule has 17 atom stereocenters. The zero-order valence-electron chi connectivity index (χ0n) is 67.6. The second-order valence-electron chi connectivity index (χ2n) is 32.3. The number of nitrogens with zero attached hydrogens (tertiary/aromatic N) is 4. The highest BCUT2D eigenvalue weighted by molar-refractivity contribution is 8.01. The van der Waals surface area contributed by atoms with E-state index in [0.717, 1.165) is 22.3 Å². The minimum atomic E-state index is -1.86. The number of likely N-dealkylation sites (N-methyl/N-ethyl adjacent to an activating group) is 2. The Morgan fingerprint density at radius 2 is 1.03 bits per heavy atom. The largest absolute Gasteiger partial charge is 0.457 e. The number of amides is 6. The topological polar surface area (TPSA) is 357 Å². The first kappa shape index (κ1) is 91.9. The number of thioether (sulfide) groups is 2. The van der Waals surface area contributed by atoms with Crippen molar-refractivity contribution in [1.82, 2.24) is 20.4 Å². The number of carbonyl (C=O) groups is 8. The fraction of sp³-hybridized carbons (Fsp3) is 0.654. The Morgan fingerprint density at radius 3 is 1.39 bits per heavy atom. The molecule has 6 aliphatic heterocycles. The molecule has 4 saturated heterocycles. The lowest BCUT2D eigenvalue weighted by atomic mass is 9.81. The second-order valence-corrected chi connectivity index (χ2v) is 37.3. The van der Waals surface area contributed by atoms with Crippen LogP contribution in [-0.4, -0.2) is 221 Å². The van der Waals surface area contributed by atoms with E-state index in [1.54, 1.807) is 142 Å². The molecular weight excluding hydrogens is 1510 g/mol. The minimum absolute atomic E-state index is 0.0905. The van der Waals surface area contributed by atoms with Gasteiger partial charge < -0.3 is 78.7 Å². The lowest BCUT2D eigenvalue weighted by molar-refractivity contribution is -0.162. The van der Waals surface area contributed by atoms with Crippen LogP contribution in [0.3, 0.4) is 0 Å². The molecule has 8 rings (SSSR count). The van der Waals surface area contributed by atoms with E-state index in [1.807, 2.05) is 26.0 Å². The summed E-state index contributed by atoms with van der Waals surface area (Å²) in [6.45, 7) is 26.8. The number of esters is 2. The van der Waals surface area contributed by atoms with Crippen LogP contribution >= 0.6 is 46.7 Å². The Hall–Kier alpha value is -6.28. The number of ether oxygens (including phenoxy) is 6. The van der Waals surface area contributed by atoms with Crippen LogP contribution in [0.25, 0.3) is 0 Å². The normalized spacial score (nSPS) is 31.0. The van der Waals surface area contributed by atoms with Crippen molar-refractivity contribution < 1.29 is 97.4 Å². The molecule has 618 valence electrons. The van der Waals surface area contributed by atoms with Crippen LogP contribution in [0.2, 0.25) is 10.0 Å². The Labute approximate surface area is 672 Å². The second kappa shape index (κ2) is 38.4. The number of epoxide rings is 2. The Morgan fingerprint density at radius 1 is 0.640 bits per heavy atom. The van der Waals surface area contributed by atoms with Gasteiger partial charge in [0.2, 0.25) is 23.6 Å². The predicted octanol–water partition coefficient (Wildman–Crippen LogP) is 10.2. The lowest BCUT2D eigenvalue weighted by Crippen LogP contribution is -2.62. The summed E-state index contributed by atoms with van der Waals surface area (Å²) in [7, 11) is 6.20. The SMILES string of the molecule is C/C1=C\C=C\[C@@H](CO)[C@@]2(O)C[C@H](OC(=O)N2)[C@@H](C)[C@@H]2O[C@@]2(C)[C@@H](OC(=O)[C@H](C)N(C)C(=O)CCC(C)(C)SC(C)C)CC(=O)N(C)c2cc(cc(CO)c2Cl)C1.C/C1=C\C=C\[C@@H](CO)[C@@]2(O)C[C@H](OC(=O)N2)[C@@H](C)[C@@H]2O[C@@]2(C)[C@@H](OC(=O)[C@H](C)N(C)C(=O)CCC(C)SC(C)C)CC(=O)N(C)c2cc(cc(CO)c2Cl)C1. The molecular formula is C81H118Cl2N6O20S2. The number of benzene rings is 2. The number of carbonyl (C=O) groups excluding carboxylic acids is 8. The molecule has 6 amide bonds. The van der Waals surface area contributed by atoms with Crippen molar-refractivity contribution in [2.75, 3.05) is 51.2 Å². The van der Waals surface area contributed by atoms with Crippen molar-refractivity contribution in [3.63, 3.8) is 0 Å². The summed E-state index contributed by atoms with van der Waals surface area (Å²) in [4.78, 5) is 114. The zero-order chi connectivity index (χ0) is 82.9. The molecule has 26 nitrogen and oxygen atoms in total. The Balaban J connectivity index is 0.000000308. The molecule has 0 spiro atoms. The van der Waals surface area contributed by atoms with Crippen LogP contribution in [0.4, 0.5) is 21.0 Å². The van der Waals surface area contributed by atoms with E-state index in [2.05, 4.69) is 59.1 Å². The maximum atomic E-state index is 14.2. The summed E-state index contributed by atoms with van der Waals surface area (Å²) in [6.07, 6.45) is 4.73. The number of hydrogen-bond donors (Lipinski definition) is 8. The third-order valence-corrected chi connectivity index (χ3v) is 25.6. The molecule has 0 radical (unpaired) electrons. The third-order valence-electron chi connectivity index (χ3n) is 22.2. The van der Waals surface area contributed by atoms with E-state index in [4.69, 9.17) is 51.6 Å². The summed E-state index contributed by atoms with van der Waals surface area (Å²) in [6, 6.07) is 5.04. The highest BCUT2D eigenvalue weighted by atomic mass is 35.5. The molecule has 30 heteroatoms. The van der Waals surface area contributed by atoms with Crippen LogP contribution in [0.1, 0.15) is 177 Å². The molecule has 8 bridgehead atoms. The van der Waals surface area contributed by atoms with Gasteiger partial charge in [0.05, 0.1) is 72.9 Å². The molecule has 4 fully saturated rings. The van der Waals surface area contributed by atoms with Crippen molar-refractivity contribution in [1.29, 1.82) is 0 Å². The molecule has 6 aliphatic rings. The van der Waals surface area contributed by atoms with E-state index in [9.17, 15) is 69.0 Å². The van der Waals surface area contributed by atoms with Gasteiger partial charge >= 0.3 is 24.1 Å². The minimum Gasteiger partial charge on any atom is -0.457 e. The van der Waals surface area contributed by atoms with Gasteiger partial charge in [-0.1, -0.05) is 145 Å². The molecule has 2 aromatic rings. The number of rotatable bonds is 20. The number of nitrogens with one attached hydrogen (secondary N) is 2. The van der Waals surface area contributed by atoms with E-state index in [1.165, 1.54) is 19.6 Å². The van der Waals surface area contributed by atoms with Crippen molar-refractivity contribution in [2.24, 2.45) is 23.7 Å². The van der Waals surface area contributed by atoms with Crippen molar-refractivity contribution in [2.45, 2.75) is 273 Å². The number of fused-ring (bicyclic) bond motifs is 10. The van der Waals surface area contributed by atoms with Crippen molar-refractivity contribution in [3.8, 4) is 0 Å². The maximum Gasteiger partial charge on any atom is 0.409 e. The van der Waals surface area contributed by atoms with E-state index in [0.29, 0.717) is 58.7 Å². The summed E-state index contributed by atoms with van der Waals surface area (Å²) in [5, 5.41) is 70.9.